The van der Waals surface area contributed by atoms with Crippen LogP contribution in [0.25, 0.3) is 0 Å². The lowest BCUT2D eigenvalue weighted by atomic mass is 10.1. The Morgan fingerprint density at radius 2 is 2.36 bits per heavy atom. The van der Waals surface area contributed by atoms with E-state index in [-0.39, 0.29) is 0 Å². The standard InChI is InChI=1S/C10H12N4/c1-14(10-5-12-6-10)9-3-2-8(4-11)13-7-9/h2-3,7,10,12H,5-6H2,1H3. The summed E-state index contributed by atoms with van der Waals surface area (Å²) in [5, 5.41) is 11.8. The van der Waals surface area contributed by atoms with Crippen molar-refractivity contribution < 1.29 is 0 Å². The van der Waals surface area contributed by atoms with E-state index in [9.17, 15) is 0 Å². The molecule has 1 aliphatic rings. The maximum Gasteiger partial charge on any atom is 0.140 e. The largest absolute Gasteiger partial charge is 0.368 e. The van der Waals surface area contributed by atoms with E-state index in [0.717, 1.165) is 18.8 Å². The zero-order valence-corrected chi connectivity index (χ0v) is 8.07. The number of nitrogens with one attached hydrogen (secondary N) is 1. The number of pyridine rings is 1. The van der Waals surface area contributed by atoms with E-state index in [2.05, 4.69) is 22.2 Å². The molecular formula is C10H12N4. The van der Waals surface area contributed by atoms with Gasteiger partial charge in [0.25, 0.3) is 0 Å². The summed E-state index contributed by atoms with van der Waals surface area (Å²) in [6, 6.07) is 6.25. The molecule has 0 unspecified atom stereocenters. The number of anilines is 1. The second kappa shape index (κ2) is 3.64. The van der Waals surface area contributed by atoms with Crippen LogP contribution in [-0.2, 0) is 0 Å². The molecule has 0 bridgehead atoms. The van der Waals surface area contributed by atoms with Crippen LogP contribution in [0.2, 0.25) is 0 Å². The van der Waals surface area contributed by atoms with E-state index in [1.807, 2.05) is 12.1 Å². The van der Waals surface area contributed by atoms with Gasteiger partial charge in [0.2, 0.25) is 0 Å². The zero-order valence-electron chi connectivity index (χ0n) is 8.07. The number of hydrogen-bond acceptors (Lipinski definition) is 4. The first kappa shape index (κ1) is 8.97. The third-order valence-corrected chi connectivity index (χ3v) is 2.58. The van der Waals surface area contributed by atoms with Crippen molar-refractivity contribution in [1.29, 1.82) is 5.26 Å². The van der Waals surface area contributed by atoms with E-state index < -0.39 is 0 Å². The van der Waals surface area contributed by atoms with Crippen molar-refractivity contribution in [1.82, 2.24) is 10.3 Å². The molecule has 0 aromatic carbocycles. The van der Waals surface area contributed by atoms with Gasteiger partial charge in [0.1, 0.15) is 11.8 Å². The van der Waals surface area contributed by atoms with Crippen molar-refractivity contribution >= 4 is 5.69 Å². The Hall–Kier alpha value is -1.60. The SMILES string of the molecule is CN(c1ccc(C#N)nc1)C1CNC1. The quantitative estimate of drug-likeness (QED) is 0.728. The summed E-state index contributed by atoms with van der Waals surface area (Å²) in [4.78, 5) is 6.22. The van der Waals surface area contributed by atoms with Crippen LogP contribution in [0, 0.1) is 11.3 Å². The van der Waals surface area contributed by atoms with Crippen LogP contribution in [-0.4, -0.2) is 31.2 Å². The van der Waals surface area contributed by atoms with Gasteiger partial charge in [-0.25, -0.2) is 4.98 Å². The highest BCUT2D eigenvalue weighted by atomic mass is 15.2. The Labute approximate surface area is 83.2 Å². The van der Waals surface area contributed by atoms with Crippen molar-refractivity contribution in [3.63, 3.8) is 0 Å². The van der Waals surface area contributed by atoms with Crippen LogP contribution < -0.4 is 10.2 Å². The van der Waals surface area contributed by atoms with Gasteiger partial charge in [0.05, 0.1) is 17.9 Å². The van der Waals surface area contributed by atoms with Crippen molar-refractivity contribution in [2.45, 2.75) is 6.04 Å². The van der Waals surface area contributed by atoms with E-state index in [1.165, 1.54) is 0 Å². The first-order valence-electron chi connectivity index (χ1n) is 4.61. The Kier molecular flexibility index (Phi) is 2.33. The van der Waals surface area contributed by atoms with Crippen molar-refractivity contribution in [3.05, 3.63) is 24.0 Å². The maximum absolute atomic E-state index is 8.60. The normalized spacial score (nSPS) is 15.7. The van der Waals surface area contributed by atoms with Crippen LogP contribution in [0.4, 0.5) is 5.69 Å². The maximum atomic E-state index is 8.60. The molecule has 4 heteroatoms. The lowest BCUT2D eigenvalue weighted by Gasteiger charge is -2.36. The Balaban J connectivity index is 2.12. The number of nitriles is 1. The van der Waals surface area contributed by atoms with Gasteiger partial charge in [-0.05, 0) is 12.1 Å². The van der Waals surface area contributed by atoms with Gasteiger partial charge in [0.15, 0.2) is 0 Å². The molecule has 1 aromatic heterocycles. The third kappa shape index (κ3) is 1.54. The summed E-state index contributed by atoms with van der Waals surface area (Å²) in [6.07, 6.45) is 1.75. The smallest absolute Gasteiger partial charge is 0.140 e. The molecule has 0 aliphatic carbocycles. The molecule has 1 aliphatic heterocycles. The lowest BCUT2D eigenvalue weighted by Crippen LogP contribution is -2.56. The average Bonchev–Trinajstić information content (AvgIpc) is 2.15. The minimum atomic E-state index is 0.467. The topological polar surface area (TPSA) is 52.0 Å². The molecular weight excluding hydrogens is 176 g/mol. The number of likely N-dealkylation sites (N-methyl/N-ethyl adjacent to an activating group) is 1. The highest BCUT2D eigenvalue weighted by Gasteiger charge is 2.21. The molecule has 4 nitrogen and oxygen atoms in total. The Morgan fingerprint density at radius 3 is 2.79 bits per heavy atom. The highest BCUT2D eigenvalue weighted by molar-refractivity contribution is 5.46. The molecule has 1 saturated heterocycles. The predicted molar refractivity (Wildman–Crippen MR) is 54.0 cm³/mol. The van der Waals surface area contributed by atoms with Gasteiger partial charge < -0.3 is 10.2 Å². The van der Waals surface area contributed by atoms with E-state index in [0.29, 0.717) is 11.7 Å². The predicted octanol–water partition coefficient (Wildman–Crippen LogP) is 0.361. The summed E-state index contributed by atoms with van der Waals surface area (Å²) < 4.78 is 0. The summed E-state index contributed by atoms with van der Waals surface area (Å²) >= 11 is 0. The first-order chi connectivity index (χ1) is 6.81. The molecule has 0 spiro atoms. The van der Waals surface area contributed by atoms with Gasteiger partial charge >= 0.3 is 0 Å². The van der Waals surface area contributed by atoms with E-state index >= 15 is 0 Å². The molecule has 0 saturated carbocycles. The van der Waals surface area contributed by atoms with E-state index in [4.69, 9.17) is 5.26 Å². The van der Waals surface area contributed by atoms with Crippen LogP contribution >= 0.6 is 0 Å². The molecule has 1 aromatic rings. The number of nitrogens with zero attached hydrogens (tertiary/aromatic N) is 3. The van der Waals surface area contributed by atoms with Crippen LogP contribution in [0.15, 0.2) is 18.3 Å². The van der Waals surface area contributed by atoms with Gasteiger partial charge in [-0.1, -0.05) is 0 Å². The fraction of sp³-hybridized carbons (Fsp3) is 0.400. The van der Waals surface area contributed by atoms with Gasteiger partial charge in [-0.15, -0.1) is 0 Å². The fourth-order valence-electron chi connectivity index (χ4n) is 1.42. The first-order valence-corrected chi connectivity index (χ1v) is 4.61. The second-order valence-electron chi connectivity index (χ2n) is 3.44. The van der Waals surface area contributed by atoms with Crippen molar-refractivity contribution in [2.75, 3.05) is 25.0 Å². The summed E-state index contributed by atoms with van der Waals surface area (Å²) in [5.74, 6) is 0. The number of aromatic nitrogens is 1. The van der Waals surface area contributed by atoms with E-state index in [1.54, 1.807) is 12.3 Å². The average molecular weight is 188 g/mol. The molecule has 72 valence electrons. The fourth-order valence-corrected chi connectivity index (χ4v) is 1.42. The monoisotopic (exact) mass is 188 g/mol. The van der Waals surface area contributed by atoms with Crippen molar-refractivity contribution in [2.24, 2.45) is 0 Å². The molecule has 1 N–H and O–H groups in total. The molecule has 2 rings (SSSR count). The second-order valence-corrected chi connectivity index (χ2v) is 3.44. The van der Waals surface area contributed by atoms with Gasteiger partial charge in [-0.2, -0.15) is 5.26 Å². The molecule has 0 radical (unpaired) electrons. The summed E-state index contributed by atoms with van der Waals surface area (Å²) in [5.41, 5.74) is 1.53. The van der Waals surface area contributed by atoms with Gasteiger partial charge in [0, 0.05) is 20.1 Å². The Bertz CT molecular complexity index is 347. The highest BCUT2D eigenvalue weighted by Crippen LogP contribution is 2.15. The third-order valence-electron chi connectivity index (χ3n) is 2.58. The van der Waals surface area contributed by atoms with Crippen LogP contribution in [0.3, 0.4) is 0 Å². The Morgan fingerprint density at radius 1 is 1.57 bits per heavy atom. The zero-order chi connectivity index (χ0) is 9.97. The molecule has 1 fully saturated rings. The molecule has 0 atom stereocenters. The van der Waals surface area contributed by atoms with Crippen LogP contribution in [0.5, 0.6) is 0 Å². The van der Waals surface area contributed by atoms with Gasteiger partial charge in [-0.3, -0.25) is 0 Å². The number of hydrogen-bond donors (Lipinski definition) is 1. The van der Waals surface area contributed by atoms with Crippen molar-refractivity contribution in [3.8, 4) is 6.07 Å². The lowest BCUT2D eigenvalue weighted by molar-refractivity contribution is 0.428. The summed E-state index contributed by atoms with van der Waals surface area (Å²) in [6.45, 7) is 2.05. The minimum Gasteiger partial charge on any atom is -0.368 e. The minimum absolute atomic E-state index is 0.467. The van der Waals surface area contributed by atoms with Crippen LogP contribution in [0.1, 0.15) is 5.69 Å². The molecule has 2 heterocycles. The number of rotatable bonds is 2. The molecule has 14 heavy (non-hydrogen) atoms. The molecule has 0 amide bonds. The summed E-state index contributed by atoms with van der Waals surface area (Å²) in [7, 11) is 2.05.